The van der Waals surface area contributed by atoms with Crippen molar-refractivity contribution in [1.82, 2.24) is 19.9 Å². The molecule has 10 heteroatoms. The Kier molecular flexibility index (Phi) is 11.0. The molecule has 0 aliphatic heterocycles. The molecule has 178 valence electrons. The Morgan fingerprint density at radius 1 is 1.21 bits per heavy atom. The molecule has 1 aromatic carbocycles. The molecule has 2 N–H and O–H groups in total. The summed E-state index contributed by atoms with van der Waals surface area (Å²) in [5.74, 6) is 1.74. The van der Waals surface area contributed by atoms with Crippen LogP contribution in [0.2, 0.25) is 5.02 Å². The minimum atomic E-state index is 0.527. The van der Waals surface area contributed by atoms with Gasteiger partial charge in [0.1, 0.15) is 18.2 Å². The van der Waals surface area contributed by atoms with Crippen molar-refractivity contribution in [3.63, 3.8) is 0 Å². The fourth-order valence-electron chi connectivity index (χ4n) is 2.95. The topological polar surface area (TPSA) is 92.3 Å². The highest BCUT2D eigenvalue weighted by molar-refractivity contribution is 7.17. The van der Waals surface area contributed by atoms with E-state index in [-0.39, 0.29) is 0 Å². The molecule has 3 rings (SSSR count). The van der Waals surface area contributed by atoms with Gasteiger partial charge in [0.25, 0.3) is 0 Å². The molecule has 0 spiro atoms. The van der Waals surface area contributed by atoms with Crippen molar-refractivity contribution in [1.29, 1.82) is 0 Å². The molecule has 0 radical (unpaired) electrons. The van der Waals surface area contributed by atoms with Crippen molar-refractivity contribution in [2.24, 2.45) is 0 Å². The summed E-state index contributed by atoms with van der Waals surface area (Å²) in [6, 6.07) is 7.58. The number of aromatic nitrogens is 3. The van der Waals surface area contributed by atoms with Gasteiger partial charge in [-0.2, -0.15) is 4.98 Å². The van der Waals surface area contributed by atoms with Crippen LogP contribution in [0.5, 0.6) is 5.88 Å². The number of aldehydes is 1. The first-order valence-corrected chi connectivity index (χ1v) is 11.9. The Morgan fingerprint density at radius 3 is 2.55 bits per heavy atom. The zero-order valence-corrected chi connectivity index (χ0v) is 21.3. The summed E-state index contributed by atoms with van der Waals surface area (Å²) in [4.78, 5) is 26.2. The number of carbonyl (C=O) groups is 1. The molecule has 0 atom stereocenters. The molecule has 0 unspecified atom stereocenters. The summed E-state index contributed by atoms with van der Waals surface area (Å²) >= 11 is 7.14. The van der Waals surface area contributed by atoms with Crippen LogP contribution in [0.1, 0.15) is 34.9 Å². The largest absolute Gasteiger partial charge is 0.476 e. The highest BCUT2D eigenvalue weighted by Crippen LogP contribution is 2.24. The number of ether oxygens (including phenoxy) is 1. The first kappa shape index (κ1) is 26.5. The van der Waals surface area contributed by atoms with Crippen molar-refractivity contribution in [3.05, 3.63) is 51.7 Å². The number of hydrogen-bond acceptors (Lipinski definition) is 9. The number of thiazole rings is 1. The number of anilines is 3. The fraction of sp³-hybridized carbons (Fsp3) is 0.391. The lowest BCUT2D eigenvalue weighted by atomic mass is 10.2. The van der Waals surface area contributed by atoms with Crippen molar-refractivity contribution in [3.8, 4) is 5.88 Å². The minimum absolute atomic E-state index is 0.527. The lowest BCUT2D eigenvalue weighted by Gasteiger charge is -2.17. The van der Waals surface area contributed by atoms with Crippen LogP contribution >= 0.6 is 22.9 Å². The molecular weight excluding hydrogens is 460 g/mol. The molecule has 8 nitrogen and oxygen atoms in total. The van der Waals surface area contributed by atoms with E-state index in [1.807, 2.05) is 32.2 Å². The SMILES string of the molecule is CCN(CC)CCOc1cc(Nc2ncc(C=O)s2)nc(C)n1.CNc1c(C)cccc1Cl. The Labute approximate surface area is 204 Å². The van der Waals surface area contributed by atoms with Gasteiger partial charge in [0, 0.05) is 19.7 Å². The molecule has 0 aliphatic rings. The zero-order chi connectivity index (χ0) is 24.2. The molecule has 2 aromatic heterocycles. The van der Waals surface area contributed by atoms with Crippen LogP contribution in [0.3, 0.4) is 0 Å². The third-order valence-corrected chi connectivity index (χ3v) is 5.87. The van der Waals surface area contributed by atoms with E-state index in [4.69, 9.17) is 16.3 Å². The molecule has 33 heavy (non-hydrogen) atoms. The van der Waals surface area contributed by atoms with Gasteiger partial charge in [-0.25, -0.2) is 9.97 Å². The predicted octanol–water partition coefficient (Wildman–Crippen LogP) is 5.21. The van der Waals surface area contributed by atoms with Crippen LogP contribution in [0.4, 0.5) is 16.6 Å². The number of rotatable bonds is 10. The number of halogens is 1. The summed E-state index contributed by atoms with van der Waals surface area (Å²) in [5, 5.41) is 7.49. The van der Waals surface area contributed by atoms with Crippen LogP contribution in [0.25, 0.3) is 0 Å². The lowest BCUT2D eigenvalue weighted by Crippen LogP contribution is -2.28. The van der Waals surface area contributed by atoms with Crippen molar-refractivity contribution in [2.75, 3.05) is 43.9 Å². The number of hydrogen-bond donors (Lipinski definition) is 2. The molecule has 2 heterocycles. The van der Waals surface area contributed by atoms with E-state index < -0.39 is 0 Å². The van der Waals surface area contributed by atoms with Gasteiger partial charge in [-0.15, -0.1) is 0 Å². The number of carbonyl (C=O) groups excluding carboxylic acids is 1. The third-order valence-electron chi connectivity index (χ3n) is 4.71. The summed E-state index contributed by atoms with van der Waals surface area (Å²) in [7, 11) is 1.87. The number of nitrogens with one attached hydrogen (secondary N) is 2. The van der Waals surface area contributed by atoms with Gasteiger partial charge in [0.2, 0.25) is 5.88 Å². The summed E-state index contributed by atoms with van der Waals surface area (Å²) in [6.07, 6.45) is 2.30. The molecule has 0 aliphatic carbocycles. The van der Waals surface area contributed by atoms with E-state index in [9.17, 15) is 4.79 Å². The predicted molar refractivity (Wildman–Crippen MR) is 137 cm³/mol. The second-order valence-corrected chi connectivity index (χ2v) is 8.48. The van der Waals surface area contributed by atoms with Gasteiger partial charge >= 0.3 is 0 Å². The second kappa shape index (κ2) is 13.7. The maximum atomic E-state index is 10.7. The van der Waals surface area contributed by atoms with Crippen molar-refractivity contribution in [2.45, 2.75) is 27.7 Å². The smallest absolute Gasteiger partial charge is 0.218 e. The quantitative estimate of drug-likeness (QED) is 0.374. The molecule has 0 amide bonds. The molecule has 0 saturated carbocycles. The molecule has 3 aromatic rings. The van der Waals surface area contributed by atoms with Crippen LogP contribution in [-0.4, -0.2) is 59.4 Å². The average Bonchev–Trinajstić information content (AvgIpc) is 3.24. The van der Waals surface area contributed by atoms with Gasteiger partial charge in [-0.3, -0.25) is 4.79 Å². The Morgan fingerprint density at radius 2 is 1.97 bits per heavy atom. The summed E-state index contributed by atoms with van der Waals surface area (Å²) in [5.41, 5.74) is 2.19. The number of aryl methyl sites for hydroxylation is 2. The monoisotopic (exact) mass is 490 g/mol. The Balaban J connectivity index is 0.000000321. The van der Waals surface area contributed by atoms with E-state index in [2.05, 4.69) is 44.3 Å². The van der Waals surface area contributed by atoms with E-state index in [0.717, 1.165) is 36.6 Å². The maximum absolute atomic E-state index is 10.7. The average molecular weight is 491 g/mol. The van der Waals surface area contributed by atoms with Crippen LogP contribution in [-0.2, 0) is 0 Å². The molecule has 0 fully saturated rings. The van der Waals surface area contributed by atoms with E-state index >= 15 is 0 Å². The van der Waals surface area contributed by atoms with Gasteiger partial charge in [-0.05, 0) is 38.6 Å². The fourth-order valence-corrected chi connectivity index (χ4v) is 3.91. The van der Waals surface area contributed by atoms with E-state index in [1.54, 1.807) is 13.0 Å². The van der Waals surface area contributed by atoms with Crippen LogP contribution < -0.4 is 15.4 Å². The first-order chi connectivity index (χ1) is 15.9. The summed E-state index contributed by atoms with van der Waals surface area (Å²) < 4.78 is 5.72. The van der Waals surface area contributed by atoms with Crippen LogP contribution in [0, 0.1) is 13.8 Å². The lowest BCUT2D eigenvalue weighted by molar-refractivity contribution is 0.112. The molecule has 0 bridgehead atoms. The Bertz CT molecular complexity index is 1010. The van der Waals surface area contributed by atoms with Crippen molar-refractivity contribution < 1.29 is 9.53 Å². The standard InChI is InChI=1S/C15H21N5O2S.C8H10ClN/c1-4-20(5-2)6-7-22-14-8-13(17-11(3)18-14)19-15-16-9-12(10-21)23-15;1-6-4-3-5-7(9)8(6)10-2/h8-10H,4-7H2,1-3H3,(H,16,17,18,19);3-5,10H,1-2H3. The van der Waals surface area contributed by atoms with E-state index in [1.165, 1.54) is 23.1 Å². The highest BCUT2D eigenvalue weighted by atomic mass is 35.5. The number of nitrogens with zero attached hydrogens (tertiary/aromatic N) is 4. The third kappa shape index (κ3) is 8.60. The summed E-state index contributed by atoms with van der Waals surface area (Å²) in [6.45, 7) is 11.5. The van der Waals surface area contributed by atoms with Crippen LogP contribution in [0.15, 0.2) is 30.5 Å². The number of benzene rings is 1. The maximum Gasteiger partial charge on any atom is 0.218 e. The van der Waals surface area contributed by atoms with Gasteiger partial charge in [-0.1, -0.05) is 48.9 Å². The first-order valence-electron chi connectivity index (χ1n) is 10.7. The van der Waals surface area contributed by atoms with E-state index in [0.29, 0.717) is 34.1 Å². The minimum Gasteiger partial charge on any atom is -0.476 e. The van der Waals surface area contributed by atoms with Gasteiger partial charge < -0.3 is 20.3 Å². The second-order valence-electron chi connectivity index (χ2n) is 7.01. The van der Waals surface area contributed by atoms with Gasteiger partial charge in [0.05, 0.1) is 21.8 Å². The molecule has 0 saturated heterocycles. The normalized spacial score (nSPS) is 10.4. The van der Waals surface area contributed by atoms with Crippen molar-refractivity contribution >= 4 is 45.9 Å². The number of para-hydroxylation sites is 1. The zero-order valence-electron chi connectivity index (χ0n) is 19.7. The Hall–Kier alpha value is -2.75. The molecular formula is C23H31ClN6O2S. The number of likely N-dealkylation sites (N-methyl/N-ethyl adjacent to an activating group) is 1. The highest BCUT2D eigenvalue weighted by Gasteiger charge is 2.07. The van der Waals surface area contributed by atoms with Gasteiger partial charge in [0.15, 0.2) is 11.4 Å².